The van der Waals surface area contributed by atoms with Crippen LogP contribution in [-0.4, -0.2) is 17.8 Å². The minimum atomic E-state index is -4.66. The van der Waals surface area contributed by atoms with Crippen molar-refractivity contribution in [2.45, 2.75) is 39.3 Å². The Hall–Kier alpha value is -4.11. The van der Waals surface area contributed by atoms with Crippen LogP contribution in [0.3, 0.4) is 0 Å². The highest BCUT2D eigenvalue weighted by molar-refractivity contribution is 6.53. The van der Waals surface area contributed by atoms with E-state index in [0.29, 0.717) is 22.4 Å². The molecular weight excluding hydrogens is 533 g/mol. The first-order valence-electron chi connectivity index (χ1n) is 11.8. The number of aryl methyl sites for hydroxylation is 1. The van der Waals surface area contributed by atoms with Gasteiger partial charge < -0.3 is 10.1 Å². The average molecular weight is 557 g/mol. The van der Waals surface area contributed by atoms with Crippen LogP contribution in [0.15, 0.2) is 77.5 Å². The van der Waals surface area contributed by atoms with E-state index in [4.69, 9.17) is 16.3 Å². The summed E-state index contributed by atoms with van der Waals surface area (Å²) in [6, 6.07) is 15.3. The van der Waals surface area contributed by atoms with Gasteiger partial charge in [-0.15, -0.1) is 0 Å². The molecule has 1 N–H and O–H groups in total. The number of hydrogen-bond donors (Lipinski definition) is 1. The van der Waals surface area contributed by atoms with E-state index in [9.17, 15) is 27.6 Å². The number of anilines is 2. The number of halogens is 4. The summed E-state index contributed by atoms with van der Waals surface area (Å²) in [6.45, 7) is 8.00. The van der Waals surface area contributed by atoms with Gasteiger partial charge in [-0.05, 0) is 60.9 Å². The van der Waals surface area contributed by atoms with Crippen molar-refractivity contribution in [1.29, 1.82) is 0 Å². The summed E-state index contributed by atoms with van der Waals surface area (Å²) >= 11 is 6.09. The number of benzene rings is 3. The molecule has 1 heterocycles. The number of ether oxygens (including phenoxy) is 1. The van der Waals surface area contributed by atoms with E-state index >= 15 is 0 Å². The van der Waals surface area contributed by atoms with Crippen molar-refractivity contribution >= 4 is 40.8 Å². The van der Waals surface area contributed by atoms with Gasteiger partial charge in [-0.25, -0.2) is 9.69 Å². The molecule has 0 atom stereocenters. The third-order valence-electron chi connectivity index (χ3n) is 5.99. The number of imide groups is 1. The van der Waals surface area contributed by atoms with Gasteiger partial charge in [-0.2, -0.15) is 13.2 Å². The molecule has 4 rings (SSSR count). The first-order chi connectivity index (χ1) is 18.2. The maximum absolute atomic E-state index is 13.1. The van der Waals surface area contributed by atoms with E-state index in [1.54, 1.807) is 6.07 Å². The maximum Gasteiger partial charge on any atom is 0.416 e. The molecule has 0 unspecified atom stereocenters. The highest BCUT2D eigenvalue weighted by atomic mass is 35.5. The lowest BCUT2D eigenvalue weighted by Gasteiger charge is -2.22. The lowest BCUT2D eigenvalue weighted by atomic mass is 9.85. The van der Waals surface area contributed by atoms with Crippen molar-refractivity contribution in [3.8, 4) is 5.75 Å². The van der Waals surface area contributed by atoms with Gasteiger partial charge in [-0.1, -0.05) is 56.1 Å². The van der Waals surface area contributed by atoms with Gasteiger partial charge in [-0.3, -0.25) is 9.59 Å². The van der Waals surface area contributed by atoms with Crippen LogP contribution in [0.2, 0.25) is 0 Å². The Kier molecular flexibility index (Phi) is 7.32. The number of rotatable bonds is 5. The third kappa shape index (κ3) is 5.83. The Bertz CT molecular complexity index is 1510. The van der Waals surface area contributed by atoms with E-state index in [0.717, 1.165) is 23.3 Å². The Labute approximate surface area is 228 Å². The van der Waals surface area contributed by atoms with Gasteiger partial charge in [0.05, 0.1) is 16.8 Å². The van der Waals surface area contributed by atoms with Crippen molar-refractivity contribution in [1.82, 2.24) is 0 Å². The minimum Gasteiger partial charge on any atom is -0.423 e. The van der Waals surface area contributed by atoms with Gasteiger partial charge in [0.15, 0.2) is 0 Å². The number of hydrogen-bond acceptors (Lipinski definition) is 5. The largest absolute Gasteiger partial charge is 0.423 e. The quantitative estimate of drug-likeness (QED) is 0.209. The van der Waals surface area contributed by atoms with E-state index in [1.807, 2.05) is 39.8 Å². The zero-order valence-electron chi connectivity index (χ0n) is 21.4. The predicted octanol–water partition coefficient (Wildman–Crippen LogP) is 6.97. The van der Waals surface area contributed by atoms with Crippen molar-refractivity contribution in [2.75, 3.05) is 10.2 Å². The van der Waals surface area contributed by atoms with Crippen molar-refractivity contribution in [3.05, 3.63) is 99.7 Å². The molecule has 0 aromatic heterocycles. The molecule has 3 aromatic rings. The Morgan fingerprint density at radius 2 is 1.59 bits per heavy atom. The highest BCUT2D eigenvalue weighted by Gasteiger charge is 2.40. The van der Waals surface area contributed by atoms with Crippen molar-refractivity contribution in [2.24, 2.45) is 0 Å². The van der Waals surface area contributed by atoms with Crippen LogP contribution in [0.1, 0.15) is 47.8 Å². The normalized spacial score (nSPS) is 14.2. The molecule has 39 heavy (non-hydrogen) atoms. The zero-order valence-corrected chi connectivity index (χ0v) is 22.2. The topological polar surface area (TPSA) is 75.7 Å². The molecule has 3 aromatic carbocycles. The van der Waals surface area contributed by atoms with Crippen LogP contribution in [-0.2, 0) is 21.2 Å². The second-order valence-electron chi connectivity index (χ2n) is 10.0. The lowest BCUT2D eigenvalue weighted by Crippen LogP contribution is -2.32. The Morgan fingerprint density at radius 1 is 0.923 bits per heavy atom. The molecule has 202 valence electrons. The second-order valence-corrected chi connectivity index (χ2v) is 10.4. The summed E-state index contributed by atoms with van der Waals surface area (Å²) in [7, 11) is 0. The fourth-order valence-electron chi connectivity index (χ4n) is 3.98. The van der Waals surface area contributed by atoms with Gasteiger partial charge >= 0.3 is 12.1 Å². The number of amides is 2. The zero-order chi connectivity index (χ0) is 28.7. The fraction of sp³-hybridized carbons (Fsp3) is 0.207. The van der Waals surface area contributed by atoms with Crippen LogP contribution in [0, 0.1) is 6.92 Å². The summed E-state index contributed by atoms with van der Waals surface area (Å²) in [4.78, 5) is 39.0. The molecule has 0 saturated heterocycles. The van der Waals surface area contributed by atoms with E-state index in [2.05, 4.69) is 5.32 Å². The first kappa shape index (κ1) is 27.9. The molecule has 0 fully saturated rings. The summed E-state index contributed by atoms with van der Waals surface area (Å²) in [5, 5.41) is 2.25. The smallest absolute Gasteiger partial charge is 0.416 e. The second kappa shape index (κ2) is 10.2. The number of carbonyl (C=O) groups is 3. The summed E-state index contributed by atoms with van der Waals surface area (Å²) < 4.78 is 45.0. The molecule has 0 bridgehead atoms. The molecule has 1 aliphatic rings. The average Bonchev–Trinajstić information content (AvgIpc) is 3.07. The molecule has 0 aliphatic carbocycles. The third-order valence-corrected chi connectivity index (χ3v) is 6.35. The molecule has 2 amide bonds. The summed E-state index contributed by atoms with van der Waals surface area (Å²) in [5.41, 5.74) is 0.636. The summed E-state index contributed by atoms with van der Waals surface area (Å²) in [5.74, 6) is -2.02. The van der Waals surface area contributed by atoms with Crippen LogP contribution in [0.5, 0.6) is 5.75 Å². The maximum atomic E-state index is 13.1. The monoisotopic (exact) mass is 556 g/mol. The van der Waals surface area contributed by atoms with Crippen LogP contribution < -0.4 is 15.0 Å². The molecule has 1 aliphatic heterocycles. The minimum absolute atomic E-state index is 0.237. The van der Waals surface area contributed by atoms with Crippen LogP contribution in [0.4, 0.5) is 24.5 Å². The Balaban J connectivity index is 1.51. The van der Waals surface area contributed by atoms with Gasteiger partial charge in [0.25, 0.3) is 11.8 Å². The van der Waals surface area contributed by atoms with Gasteiger partial charge in [0.2, 0.25) is 0 Å². The van der Waals surface area contributed by atoms with Crippen molar-refractivity contribution in [3.63, 3.8) is 0 Å². The molecular formula is C29H24ClF3N2O4. The number of nitrogens with zero attached hydrogens (tertiary/aromatic N) is 1. The molecule has 0 radical (unpaired) electrons. The molecule has 6 nitrogen and oxygen atoms in total. The summed E-state index contributed by atoms with van der Waals surface area (Å²) in [6.07, 6.45) is -4.66. The number of carbonyl (C=O) groups excluding carboxylic acids is 3. The van der Waals surface area contributed by atoms with E-state index < -0.39 is 34.6 Å². The standard InChI is InChI=1S/C29H24ClF3N2O4/c1-16-8-13-22(21(14-16)28(2,3)4)39-27(38)17-9-11-19(12-10-17)34-24-23(30)25(36)35(26(24)37)20-7-5-6-18(15-20)29(31,32)33/h5-15,34H,1-4H3. The number of nitrogens with one attached hydrogen (secondary N) is 1. The van der Waals surface area contributed by atoms with Crippen LogP contribution in [0.25, 0.3) is 0 Å². The fourth-order valence-corrected chi connectivity index (χ4v) is 4.19. The number of esters is 1. The van der Waals surface area contributed by atoms with Gasteiger partial charge in [0.1, 0.15) is 16.5 Å². The highest BCUT2D eigenvalue weighted by Crippen LogP contribution is 2.35. The Morgan fingerprint density at radius 3 is 2.21 bits per heavy atom. The molecule has 10 heteroatoms. The van der Waals surface area contributed by atoms with Crippen LogP contribution >= 0.6 is 11.6 Å². The van der Waals surface area contributed by atoms with Gasteiger partial charge in [0, 0.05) is 11.3 Å². The SMILES string of the molecule is Cc1ccc(OC(=O)c2ccc(NC3=C(Cl)C(=O)N(c4cccc(C(F)(F)F)c4)C3=O)cc2)c(C(C)(C)C)c1. The predicted molar refractivity (Wildman–Crippen MR) is 142 cm³/mol. The van der Waals surface area contributed by atoms with Crippen molar-refractivity contribution < 1.29 is 32.3 Å². The van der Waals surface area contributed by atoms with E-state index in [-0.39, 0.29) is 22.4 Å². The first-order valence-corrected chi connectivity index (χ1v) is 12.2. The van der Waals surface area contributed by atoms with E-state index in [1.165, 1.54) is 30.3 Å². The lowest BCUT2D eigenvalue weighted by molar-refractivity contribution is -0.137. The number of alkyl halides is 3. The molecule has 0 saturated carbocycles. The molecule has 0 spiro atoms.